The van der Waals surface area contributed by atoms with Gasteiger partial charge in [-0.25, -0.2) is 9.67 Å². The molecule has 0 radical (unpaired) electrons. The molecule has 49 heavy (non-hydrogen) atoms. The van der Waals surface area contributed by atoms with Crippen LogP contribution in [0, 0.1) is 25.2 Å². The van der Waals surface area contributed by atoms with E-state index in [0.717, 1.165) is 70.3 Å². The number of aromatic nitrogens is 4. The van der Waals surface area contributed by atoms with Crippen LogP contribution in [0.25, 0.3) is 44.4 Å². The summed E-state index contributed by atoms with van der Waals surface area (Å²) in [6.45, 7) is 15.6. The fraction of sp³-hybridized carbons (Fsp3) is 0.273. The summed E-state index contributed by atoms with van der Waals surface area (Å²) in [5.74, 6) is 3.05. The highest BCUT2D eigenvalue weighted by Gasteiger charge is 2.18. The molecule has 0 aliphatic heterocycles. The third kappa shape index (κ3) is 6.76. The number of aryl methyl sites for hydroxylation is 2. The highest BCUT2D eigenvalue weighted by atomic mass is 16.5. The third-order valence-corrected chi connectivity index (χ3v) is 9.30. The van der Waals surface area contributed by atoms with Crippen molar-refractivity contribution in [2.75, 3.05) is 0 Å². The largest absolute Gasteiger partial charge is 0.457 e. The number of pyridine rings is 1. The Morgan fingerprint density at radius 3 is 2.31 bits per heavy atom. The van der Waals surface area contributed by atoms with Gasteiger partial charge in [0.05, 0.1) is 22.4 Å². The van der Waals surface area contributed by atoms with E-state index in [1.807, 2.05) is 29.1 Å². The standard InChI is InChI=1S/C44H46N4O/c1-29(2)24-33-16-19-40-39(25-33)38-18-17-37(28-41(38)47(40)42-26-32(21-23-45-42)20-22-44(5,6)7)49-36-15-11-14-35(27-36)48-31(4)43(30(3)46-48)34-12-9-8-10-13-34/h8-19,21,23,25-29H,20,22,24H2,1-7H3. The Hall–Kier alpha value is -5.16. The number of hydrogen-bond acceptors (Lipinski definition) is 3. The molecule has 5 nitrogen and oxygen atoms in total. The highest BCUT2D eigenvalue weighted by Crippen LogP contribution is 2.37. The zero-order valence-corrected chi connectivity index (χ0v) is 29.8. The minimum atomic E-state index is 0.270. The summed E-state index contributed by atoms with van der Waals surface area (Å²) in [5.41, 5.74) is 10.6. The van der Waals surface area contributed by atoms with Gasteiger partial charge >= 0.3 is 0 Å². The Morgan fingerprint density at radius 1 is 0.735 bits per heavy atom. The van der Waals surface area contributed by atoms with Crippen LogP contribution in [0.2, 0.25) is 0 Å². The SMILES string of the molecule is Cc1nn(-c2cccc(Oc3ccc4c5cc(CC(C)C)ccc5n(-c5cc(CCC(C)(C)C)ccn5)c4c3)c2)c(C)c1-c1ccccc1. The van der Waals surface area contributed by atoms with E-state index in [2.05, 4.69) is 138 Å². The van der Waals surface area contributed by atoms with E-state index < -0.39 is 0 Å². The number of benzene rings is 4. The molecule has 0 spiro atoms. The molecule has 4 aromatic carbocycles. The topological polar surface area (TPSA) is 44.9 Å². The molecule has 0 saturated carbocycles. The molecule has 3 aromatic heterocycles. The first-order valence-corrected chi connectivity index (χ1v) is 17.5. The van der Waals surface area contributed by atoms with Crippen LogP contribution < -0.4 is 4.74 Å². The lowest BCUT2D eigenvalue weighted by atomic mass is 9.89. The second kappa shape index (κ2) is 13.0. The summed E-state index contributed by atoms with van der Waals surface area (Å²) in [6, 6.07) is 36.4. The maximum Gasteiger partial charge on any atom is 0.137 e. The Morgan fingerprint density at radius 2 is 1.53 bits per heavy atom. The molecule has 0 bridgehead atoms. The Bertz CT molecular complexity index is 2270. The quantitative estimate of drug-likeness (QED) is 0.157. The molecule has 7 rings (SSSR count). The molecule has 0 atom stereocenters. The van der Waals surface area contributed by atoms with Crippen LogP contribution in [0.15, 0.2) is 109 Å². The van der Waals surface area contributed by atoms with Crippen LogP contribution in [0.3, 0.4) is 0 Å². The molecule has 248 valence electrons. The molecule has 0 aliphatic rings. The molecule has 3 heterocycles. The van der Waals surface area contributed by atoms with Gasteiger partial charge in [-0.1, -0.05) is 77.1 Å². The number of nitrogens with zero attached hydrogens (tertiary/aromatic N) is 4. The Kier molecular flexibility index (Phi) is 8.62. The normalized spacial score (nSPS) is 12.0. The maximum absolute atomic E-state index is 6.60. The van der Waals surface area contributed by atoms with Gasteiger partial charge in [-0.3, -0.25) is 4.57 Å². The van der Waals surface area contributed by atoms with E-state index in [9.17, 15) is 0 Å². The van der Waals surface area contributed by atoms with Crippen molar-refractivity contribution in [1.82, 2.24) is 19.3 Å². The first-order chi connectivity index (χ1) is 23.5. The van der Waals surface area contributed by atoms with Gasteiger partial charge in [0.2, 0.25) is 0 Å². The fourth-order valence-corrected chi connectivity index (χ4v) is 6.95. The predicted molar refractivity (Wildman–Crippen MR) is 203 cm³/mol. The van der Waals surface area contributed by atoms with Gasteiger partial charge in [-0.05, 0) is 110 Å². The van der Waals surface area contributed by atoms with Gasteiger partial charge in [-0.15, -0.1) is 0 Å². The van der Waals surface area contributed by atoms with Gasteiger partial charge in [0.15, 0.2) is 0 Å². The lowest BCUT2D eigenvalue weighted by Crippen LogP contribution is -2.07. The first kappa shape index (κ1) is 32.4. The number of fused-ring (bicyclic) bond motifs is 3. The van der Waals surface area contributed by atoms with Crippen molar-refractivity contribution < 1.29 is 4.74 Å². The van der Waals surface area contributed by atoms with Crippen molar-refractivity contribution in [1.29, 1.82) is 0 Å². The van der Waals surface area contributed by atoms with Gasteiger partial charge in [0, 0.05) is 40.4 Å². The smallest absolute Gasteiger partial charge is 0.137 e. The summed E-state index contributed by atoms with van der Waals surface area (Å²) < 4.78 is 10.9. The van der Waals surface area contributed by atoms with Gasteiger partial charge in [-0.2, -0.15) is 5.10 Å². The summed E-state index contributed by atoms with van der Waals surface area (Å²) in [5, 5.41) is 7.36. The van der Waals surface area contributed by atoms with E-state index in [-0.39, 0.29) is 5.41 Å². The van der Waals surface area contributed by atoms with Crippen LogP contribution >= 0.6 is 0 Å². The molecular weight excluding hydrogens is 601 g/mol. The van der Waals surface area contributed by atoms with Crippen molar-refractivity contribution in [2.24, 2.45) is 11.3 Å². The van der Waals surface area contributed by atoms with Crippen LogP contribution in [0.1, 0.15) is 63.6 Å². The number of ether oxygens (including phenoxy) is 1. The predicted octanol–water partition coefficient (Wildman–Crippen LogP) is 11.6. The van der Waals surface area contributed by atoms with Crippen LogP contribution in [-0.2, 0) is 12.8 Å². The second-order valence-corrected chi connectivity index (χ2v) is 15.0. The van der Waals surface area contributed by atoms with Gasteiger partial charge < -0.3 is 4.74 Å². The zero-order chi connectivity index (χ0) is 34.3. The highest BCUT2D eigenvalue weighted by molar-refractivity contribution is 6.09. The molecular formula is C44H46N4O. The molecule has 0 amide bonds. The average Bonchev–Trinajstić information content (AvgIpc) is 3.56. The summed E-state index contributed by atoms with van der Waals surface area (Å²) in [7, 11) is 0. The van der Waals surface area contributed by atoms with E-state index in [1.54, 1.807) is 0 Å². The Balaban J connectivity index is 1.28. The minimum absolute atomic E-state index is 0.270. The molecule has 0 N–H and O–H groups in total. The average molecular weight is 647 g/mol. The second-order valence-electron chi connectivity index (χ2n) is 15.0. The summed E-state index contributed by atoms with van der Waals surface area (Å²) in [6.07, 6.45) is 5.13. The minimum Gasteiger partial charge on any atom is -0.457 e. The van der Waals surface area contributed by atoms with E-state index in [0.29, 0.717) is 5.92 Å². The van der Waals surface area contributed by atoms with Crippen LogP contribution in [0.5, 0.6) is 11.5 Å². The molecule has 0 fully saturated rings. The molecule has 0 aliphatic carbocycles. The molecule has 5 heteroatoms. The zero-order valence-electron chi connectivity index (χ0n) is 29.8. The first-order valence-electron chi connectivity index (χ1n) is 17.5. The number of rotatable bonds is 9. The van der Waals surface area contributed by atoms with Crippen molar-refractivity contribution in [3.63, 3.8) is 0 Å². The van der Waals surface area contributed by atoms with Crippen molar-refractivity contribution in [3.8, 4) is 34.1 Å². The van der Waals surface area contributed by atoms with E-state index in [4.69, 9.17) is 14.8 Å². The van der Waals surface area contributed by atoms with Crippen LogP contribution in [-0.4, -0.2) is 19.3 Å². The molecule has 0 unspecified atom stereocenters. The van der Waals surface area contributed by atoms with E-state index in [1.165, 1.54) is 27.5 Å². The number of hydrogen-bond donors (Lipinski definition) is 0. The molecule has 0 saturated heterocycles. The lowest BCUT2D eigenvalue weighted by Gasteiger charge is -2.18. The fourth-order valence-electron chi connectivity index (χ4n) is 6.95. The monoisotopic (exact) mass is 646 g/mol. The summed E-state index contributed by atoms with van der Waals surface area (Å²) in [4.78, 5) is 4.91. The van der Waals surface area contributed by atoms with Crippen LogP contribution in [0.4, 0.5) is 0 Å². The Labute approximate surface area is 290 Å². The maximum atomic E-state index is 6.60. The van der Waals surface area contributed by atoms with Crippen molar-refractivity contribution >= 4 is 21.8 Å². The summed E-state index contributed by atoms with van der Waals surface area (Å²) >= 11 is 0. The third-order valence-electron chi connectivity index (χ3n) is 9.30. The van der Waals surface area contributed by atoms with E-state index >= 15 is 0 Å². The van der Waals surface area contributed by atoms with Crippen molar-refractivity contribution in [2.45, 2.75) is 67.7 Å². The lowest BCUT2D eigenvalue weighted by molar-refractivity contribution is 0.378. The van der Waals surface area contributed by atoms with Gasteiger partial charge in [0.1, 0.15) is 17.3 Å². The van der Waals surface area contributed by atoms with Crippen molar-refractivity contribution in [3.05, 3.63) is 132 Å². The molecule has 7 aromatic rings. The van der Waals surface area contributed by atoms with Gasteiger partial charge in [0.25, 0.3) is 0 Å².